The molecular weight excluding hydrogens is 178 g/mol. The minimum Gasteiger partial charge on any atom is -0.496 e. The molecule has 1 aromatic rings. The number of methoxy groups -OCH3 is 1. The van der Waals surface area contributed by atoms with E-state index in [0.29, 0.717) is 0 Å². The zero-order chi connectivity index (χ0) is 9.76. The van der Waals surface area contributed by atoms with Crippen LogP contribution in [0, 0.1) is 0 Å². The van der Waals surface area contributed by atoms with Gasteiger partial charge < -0.3 is 9.47 Å². The summed E-state index contributed by atoms with van der Waals surface area (Å²) < 4.78 is 11.1. The van der Waals surface area contributed by atoms with Gasteiger partial charge in [-0.2, -0.15) is 0 Å². The fourth-order valence-corrected chi connectivity index (χ4v) is 2.21. The Morgan fingerprint density at radius 3 is 3.21 bits per heavy atom. The van der Waals surface area contributed by atoms with Crippen molar-refractivity contribution in [1.82, 2.24) is 4.98 Å². The van der Waals surface area contributed by atoms with Gasteiger partial charge in [-0.1, -0.05) is 6.08 Å². The van der Waals surface area contributed by atoms with Gasteiger partial charge in [-0.3, -0.25) is 4.98 Å². The second-order valence-electron chi connectivity index (χ2n) is 3.78. The van der Waals surface area contributed by atoms with E-state index in [2.05, 4.69) is 17.1 Å². The fraction of sp³-hybridized carbons (Fsp3) is 0.364. The maximum atomic E-state index is 5.82. The Hall–Kier alpha value is -1.35. The Bertz CT molecular complexity index is 427. The third-order valence-electron chi connectivity index (χ3n) is 2.89. The maximum absolute atomic E-state index is 5.82. The van der Waals surface area contributed by atoms with E-state index in [9.17, 15) is 0 Å². The van der Waals surface area contributed by atoms with Crippen molar-refractivity contribution in [3.8, 4) is 5.75 Å². The molecule has 2 aliphatic rings. The highest BCUT2D eigenvalue weighted by molar-refractivity contribution is 5.50. The third kappa shape index (κ3) is 0.780. The predicted octanol–water partition coefficient (Wildman–Crippen LogP) is 1.95. The van der Waals surface area contributed by atoms with Gasteiger partial charge in [0.05, 0.1) is 18.4 Å². The van der Waals surface area contributed by atoms with E-state index in [1.54, 1.807) is 13.3 Å². The molecule has 2 aliphatic heterocycles. The number of nitrogens with zero attached hydrogens (tertiary/aromatic N) is 1. The molecule has 0 aromatic carbocycles. The summed E-state index contributed by atoms with van der Waals surface area (Å²) in [6.45, 7) is 2.03. The van der Waals surface area contributed by atoms with Gasteiger partial charge in [0, 0.05) is 6.20 Å². The molecule has 0 aliphatic carbocycles. The lowest BCUT2D eigenvalue weighted by Gasteiger charge is -2.16. The Labute approximate surface area is 82.4 Å². The summed E-state index contributed by atoms with van der Waals surface area (Å²) in [4.78, 5) is 4.37. The van der Waals surface area contributed by atoms with Crippen LogP contribution in [0.2, 0.25) is 0 Å². The molecule has 0 saturated heterocycles. The normalized spacial score (nSPS) is 32.0. The molecule has 2 atom stereocenters. The molecule has 0 amide bonds. The number of hydrogen-bond donors (Lipinski definition) is 0. The molecule has 1 aromatic heterocycles. The van der Waals surface area contributed by atoms with Crippen LogP contribution in [0.1, 0.15) is 24.3 Å². The molecule has 3 heterocycles. The Kier molecular flexibility index (Phi) is 1.35. The van der Waals surface area contributed by atoms with E-state index in [-0.39, 0.29) is 11.7 Å². The first-order valence-electron chi connectivity index (χ1n) is 4.65. The van der Waals surface area contributed by atoms with Gasteiger partial charge in [-0.05, 0) is 19.1 Å². The van der Waals surface area contributed by atoms with Crippen LogP contribution in [-0.4, -0.2) is 12.1 Å². The summed E-state index contributed by atoms with van der Waals surface area (Å²) in [5.74, 6) is 0.869. The molecule has 0 N–H and O–H groups in total. The zero-order valence-corrected chi connectivity index (χ0v) is 8.15. The lowest BCUT2D eigenvalue weighted by Crippen LogP contribution is -2.16. The zero-order valence-electron chi connectivity index (χ0n) is 8.15. The van der Waals surface area contributed by atoms with E-state index in [4.69, 9.17) is 9.47 Å². The van der Waals surface area contributed by atoms with Gasteiger partial charge >= 0.3 is 0 Å². The van der Waals surface area contributed by atoms with Crippen LogP contribution in [0.4, 0.5) is 0 Å². The van der Waals surface area contributed by atoms with Gasteiger partial charge in [0.1, 0.15) is 17.5 Å². The van der Waals surface area contributed by atoms with Crippen molar-refractivity contribution in [3.05, 3.63) is 35.7 Å². The average Bonchev–Trinajstić information content (AvgIpc) is 2.72. The highest BCUT2D eigenvalue weighted by atomic mass is 16.5. The Morgan fingerprint density at radius 1 is 1.57 bits per heavy atom. The quantitative estimate of drug-likeness (QED) is 0.633. The van der Waals surface area contributed by atoms with Gasteiger partial charge in [0.25, 0.3) is 0 Å². The van der Waals surface area contributed by atoms with Gasteiger partial charge in [0.2, 0.25) is 0 Å². The molecule has 3 nitrogen and oxygen atoms in total. The molecule has 0 radical (unpaired) electrons. The lowest BCUT2D eigenvalue weighted by molar-refractivity contribution is 0.00912. The van der Waals surface area contributed by atoms with Crippen LogP contribution in [0.25, 0.3) is 0 Å². The van der Waals surface area contributed by atoms with Crippen LogP contribution in [0.15, 0.2) is 24.4 Å². The Balaban J connectivity index is 2.27. The second kappa shape index (κ2) is 2.36. The van der Waals surface area contributed by atoms with Crippen molar-refractivity contribution < 1.29 is 9.47 Å². The molecule has 3 rings (SSSR count). The van der Waals surface area contributed by atoms with Crippen LogP contribution in [0.5, 0.6) is 5.75 Å². The van der Waals surface area contributed by atoms with Crippen molar-refractivity contribution in [3.63, 3.8) is 0 Å². The van der Waals surface area contributed by atoms with Crippen molar-refractivity contribution in [2.45, 2.75) is 18.6 Å². The molecule has 2 bridgehead atoms. The largest absolute Gasteiger partial charge is 0.496 e. The van der Waals surface area contributed by atoms with Gasteiger partial charge in [-0.15, -0.1) is 0 Å². The molecule has 3 heteroatoms. The molecular formula is C11H11NO2. The van der Waals surface area contributed by atoms with Crippen LogP contribution < -0.4 is 4.74 Å². The van der Waals surface area contributed by atoms with Crippen LogP contribution in [0.3, 0.4) is 0 Å². The van der Waals surface area contributed by atoms with Crippen molar-refractivity contribution >= 4 is 0 Å². The maximum Gasteiger partial charge on any atom is 0.128 e. The predicted molar refractivity (Wildman–Crippen MR) is 51.1 cm³/mol. The molecule has 14 heavy (non-hydrogen) atoms. The van der Waals surface area contributed by atoms with E-state index in [1.165, 1.54) is 0 Å². The summed E-state index contributed by atoms with van der Waals surface area (Å²) in [7, 11) is 1.67. The van der Waals surface area contributed by atoms with E-state index < -0.39 is 0 Å². The molecule has 2 unspecified atom stereocenters. The average molecular weight is 189 g/mol. The topological polar surface area (TPSA) is 31.4 Å². The first-order valence-corrected chi connectivity index (χ1v) is 4.65. The standard InChI is InChI=1S/C11H11NO2/c1-11-5-3-8(14-11)9-7(13-2)4-6-12-10(9)11/h3-6,8H,1-2H3. The van der Waals surface area contributed by atoms with Gasteiger partial charge in [0.15, 0.2) is 0 Å². The van der Waals surface area contributed by atoms with E-state index in [0.717, 1.165) is 17.0 Å². The number of pyridine rings is 1. The number of ether oxygens (including phenoxy) is 2. The molecule has 0 fully saturated rings. The summed E-state index contributed by atoms with van der Waals surface area (Å²) in [5.41, 5.74) is 1.73. The molecule has 0 spiro atoms. The number of rotatable bonds is 1. The van der Waals surface area contributed by atoms with Gasteiger partial charge in [-0.25, -0.2) is 0 Å². The van der Waals surface area contributed by atoms with Crippen LogP contribution >= 0.6 is 0 Å². The summed E-state index contributed by atoms with van der Waals surface area (Å²) in [5, 5.41) is 0. The number of aromatic nitrogens is 1. The van der Waals surface area contributed by atoms with Crippen molar-refractivity contribution in [1.29, 1.82) is 0 Å². The summed E-state index contributed by atoms with van der Waals surface area (Å²) >= 11 is 0. The lowest BCUT2D eigenvalue weighted by atomic mass is 9.93. The Morgan fingerprint density at radius 2 is 2.43 bits per heavy atom. The fourth-order valence-electron chi connectivity index (χ4n) is 2.21. The van der Waals surface area contributed by atoms with E-state index >= 15 is 0 Å². The SMILES string of the molecule is COc1ccnc2c1C1C=CC2(C)O1. The van der Waals surface area contributed by atoms with Crippen molar-refractivity contribution in [2.24, 2.45) is 0 Å². The summed E-state index contributed by atoms with van der Waals surface area (Å²) in [6.07, 6.45) is 5.92. The van der Waals surface area contributed by atoms with Crippen LogP contribution in [-0.2, 0) is 10.3 Å². The molecule has 72 valence electrons. The monoisotopic (exact) mass is 189 g/mol. The third-order valence-corrected chi connectivity index (χ3v) is 2.89. The van der Waals surface area contributed by atoms with Crippen molar-refractivity contribution in [2.75, 3.05) is 7.11 Å². The summed E-state index contributed by atoms with van der Waals surface area (Å²) in [6, 6.07) is 1.88. The minimum atomic E-state index is -0.339. The number of hydrogen-bond acceptors (Lipinski definition) is 3. The first-order chi connectivity index (χ1) is 6.74. The van der Waals surface area contributed by atoms with E-state index in [1.807, 2.05) is 13.0 Å². The first kappa shape index (κ1) is 8.00. The smallest absolute Gasteiger partial charge is 0.128 e. The highest BCUT2D eigenvalue weighted by Gasteiger charge is 2.46. The highest BCUT2D eigenvalue weighted by Crippen LogP contribution is 2.51. The molecule has 0 saturated carbocycles. The minimum absolute atomic E-state index is 0.0265. The second-order valence-corrected chi connectivity index (χ2v) is 3.78. The number of fused-ring (bicyclic) bond motifs is 5.